The van der Waals surface area contributed by atoms with Gasteiger partial charge in [0.25, 0.3) is 0 Å². The first-order valence-electron chi connectivity index (χ1n) is 13.1. The van der Waals surface area contributed by atoms with Crippen molar-refractivity contribution < 1.29 is 14.0 Å². The van der Waals surface area contributed by atoms with Gasteiger partial charge in [-0.1, -0.05) is 42.5 Å². The van der Waals surface area contributed by atoms with Gasteiger partial charge < -0.3 is 5.32 Å². The summed E-state index contributed by atoms with van der Waals surface area (Å²) in [5.74, 6) is -0.164. The summed E-state index contributed by atoms with van der Waals surface area (Å²) in [7, 11) is 0. The molecule has 1 aliphatic heterocycles. The molecular weight excluding hydrogens is 558 g/mol. The van der Waals surface area contributed by atoms with E-state index in [0.29, 0.717) is 5.82 Å². The van der Waals surface area contributed by atoms with Gasteiger partial charge in [0.1, 0.15) is 23.9 Å². The van der Waals surface area contributed by atoms with Gasteiger partial charge in [-0.2, -0.15) is 5.10 Å². The molecule has 0 spiro atoms. The van der Waals surface area contributed by atoms with Gasteiger partial charge in [0.15, 0.2) is 0 Å². The number of nitrogens with one attached hydrogen (secondary N) is 1. The third-order valence-corrected chi connectivity index (χ3v) is 8.99. The number of pyridine rings is 1. The molecule has 5 aromatic rings. The first-order chi connectivity index (χ1) is 20.0. The summed E-state index contributed by atoms with van der Waals surface area (Å²) >= 11 is 3.01. The summed E-state index contributed by atoms with van der Waals surface area (Å²) in [4.78, 5) is 33.8. The highest BCUT2D eigenvalue weighted by atomic mass is 32.2. The number of nitrogens with zero attached hydrogens (tertiary/aromatic N) is 4. The van der Waals surface area contributed by atoms with Crippen molar-refractivity contribution in [1.29, 1.82) is 0 Å². The summed E-state index contributed by atoms with van der Waals surface area (Å²) in [6, 6.07) is 23.7. The van der Waals surface area contributed by atoms with E-state index in [1.807, 2.05) is 66.9 Å². The predicted octanol–water partition coefficient (Wildman–Crippen LogP) is 5.93. The van der Waals surface area contributed by atoms with Crippen molar-refractivity contribution in [2.24, 2.45) is 0 Å². The predicted molar refractivity (Wildman–Crippen MR) is 161 cm³/mol. The Morgan fingerprint density at radius 1 is 1.05 bits per heavy atom. The van der Waals surface area contributed by atoms with E-state index in [1.165, 1.54) is 28.8 Å². The second kappa shape index (κ2) is 11.7. The fraction of sp³-hybridized carbons (Fsp3) is 0.161. The SMILES string of the molecule is Cc1ccccc1-n1nc(-c2cccs2)c2c1N(CC(=O)NCc1ccccn1)C(=O)CS[C@H]2c1ccc(F)cc1. The fourth-order valence-electron chi connectivity index (χ4n) is 4.88. The van der Waals surface area contributed by atoms with Gasteiger partial charge in [-0.15, -0.1) is 23.1 Å². The smallest absolute Gasteiger partial charge is 0.240 e. The summed E-state index contributed by atoms with van der Waals surface area (Å²) < 4.78 is 15.7. The molecular formula is C31H26FN5O2S2. The third kappa shape index (κ3) is 5.53. The van der Waals surface area contributed by atoms with Crippen molar-refractivity contribution in [2.45, 2.75) is 18.7 Å². The average Bonchev–Trinajstić information content (AvgIpc) is 3.63. The van der Waals surface area contributed by atoms with Crippen molar-refractivity contribution in [3.05, 3.63) is 119 Å². The molecule has 0 fully saturated rings. The van der Waals surface area contributed by atoms with Crippen LogP contribution in [0.25, 0.3) is 16.3 Å². The van der Waals surface area contributed by atoms with E-state index in [-0.39, 0.29) is 41.7 Å². The van der Waals surface area contributed by atoms with Crippen LogP contribution >= 0.6 is 23.1 Å². The first-order valence-corrected chi connectivity index (χ1v) is 15.0. The average molecular weight is 584 g/mol. The van der Waals surface area contributed by atoms with Crippen LogP contribution in [0.4, 0.5) is 10.2 Å². The van der Waals surface area contributed by atoms with Crippen LogP contribution in [0, 0.1) is 12.7 Å². The quantitative estimate of drug-likeness (QED) is 0.257. The number of para-hydroxylation sites is 1. The number of rotatable bonds is 7. The Labute approximate surface area is 245 Å². The standard InChI is InChI=1S/C31H26FN5O2S2/c1-20-7-2-3-9-24(20)37-31-28(29(35-37)25-10-6-16-40-25)30(21-11-13-22(32)14-12-21)41-19-27(39)36(31)18-26(38)34-17-23-8-4-5-15-33-23/h2-16,30H,17-19H2,1H3,(H,34,38)/t30-/m0/s1. The maximum absolute atomic E-state index is 13.9. The molecule has 3 aromatic heterocycles. The molecule has 0 radical (unpaired) electrons. The summed E-state index contributed by atoms with van der Waals surface area (Å²) in [5, 5.41) is 9.66. The maximum atomic E-state index is 13.9. The number of hydrogen-bond acceptors (Lipinski definition) is 6. The number of hydrogen-bond donors (Lipinski definition) is 1. The number of halogens is 1. The van der Waals surface area contributed by atoms with E-state index in [2.05, 4.69) is 10.3 Å². The molecule has 4 heterocycles. The number of carbonyl (C=O) groups is 2. The highest BCUT2D eigenvalue weighted by Crippen LogP contribution is 2.49. The molecule has 1 N–H and O–H groups in total. The molecule has 6 rings (SSSR count). The lowest BCUT2D eigenvalue weighted by atomic mass is 10.0. The van der Waals surface area contributed by atoms with Crippen molar-refractivity contribution in [2.75, 3.05) is 17.2 Å². The fourth-order valence-corrected chi connectivity index (χ4v) is 6.80. The van der Waals surface area contributed by atoms with Crippen LogP contribution in [0.15, 0.2) is 90.4 Å². The largest absolute Gasteiger partial charge is 0.349 e. The number of amides is 2. The Hall–Kier alpha value is -4.28. The molecule has 7 nitrogen and oxygen atoms in total. The summed E-state index contributed by atoms with van der Waals surface area (Å²) in [6.07, 6.45) is 1.67. The zero-order chi connectivity index (χ0) is 28.3. The minimum Gasteiger partial charge on any atom is -0.349 e. The Morgan fingerprint density at radius 3 is 2.59 bits per heavy atom. The number of aryl methyl sites for hydroxylation is 1. The van der Waals surface area contributed by atoms with Gasteiger partial charge in [-0.05, 0) is 59.8 Å². The van der Waals surface area contributed by atoms with E-state index in [1.54, 1.807) is 34.3 Å². The molecule has 10 heteroatoms. The highest BCUT2D eigenvalue weighted by molar-refractivity contribution is 8.00. The lowest BCUT2D eigenvalue weighted by molar-refractivity contribution is -0.123. The molecule has 2 aromatic carbocycles. The summed E-state index contributed by atoms with van der Waals surface area (Å²) in [6.45, 7) is 2.05. The zero-order valence-corrected chi connectivity index (χ0v) is 23.8. The van der Waals surface area contributed by atoms with Crippen LogP contribution in [0.3, 0.4) is 0 Å². The summed E-state index contributed by atoms with van der Waals surface area (Å²) in [5.41, 5.74) is 4.90. The monoisotopic (exact) mass is 583 g/mol. The number of benzene rings is 2. The maximum Gasteiger partial charge on any atom is 0.240 e. The van der Waals surface area contributed by atoms with Crippen molar-refractivity contribution >= 4 is 40.7 Å². The van der Waals surface area contributed by atoms with Crippen LogP contribution in [-0.4, -0.2) is 38.9 Å². The lowest BCUT2D eigenvalue weighted by Crippen LogP contribution is -2.42. The molecule has 0 aliphatic carbocycles. The number of anilines is 1. The van der Waals surface area contributed by atoms with Gasteiger partial charge >= 0.3 is 0 Å². The minimum atomic E-state index is -0.330. The Balaban J connectivity index is 1.51. The van der Waals surface area contributed by atoms with Crippen molar-refractivity contribution in [3.8, 4) is 16.3 Å². The molecule has 41 heavy (non-hydrogen) atoms. The number of fused-ring (bicyclic) bond motifs is 1. The Kier molecular flexibility index (Phi) is 7.67. The molecule has 206 valence electrons. The Morgan fingerprint density at radius 2 is 1.85 bits per heavy atom. The molecule has 0 bridgehead atoms. The van der Waals surface area contributed by atoms with Crippen molar-refractivity contribution in [3.63, 3.8) is 0 Å². The topological polar surface area (TPSA) is 80.1 Å². The highest BCUT2D eigenvalue weighted by Gasteiger charge is 2.38. The van der Waals surface area contributed by atoms with Gasteiger partial charge in [-0.25, -0.2) is 9.07 Å². The van der Waals surface area contributed by atoms with Gasteiger partial charge in [-0.3, -0.25) is 19.5 Å². The van der Waals surface area contributed by atoms with Crippen LogP contribution in [0.1, 0.15) is 27.6 Å². The first kappa shape index (κ1) is 26.9. The molecule has 1 atom stereocenters. The van der Waals surface area contributed by atoms with Gasteiger partial charge in [0.2, 0.25) is 11.8 Å². The third-order valence-electron chi connectivity index (χ3n) is 6.85. The van der Waals surface area contributed by atoms with E-state index in [0.717, 1.165) is 38.6 Å². The zero-order valence-electron chi connectivity index (χ0n) is 22.2. The number of thiophene rings is 1. The Bertz CT molecular complexity index is 1690. The van der Waals surface area contributed by atoms with Crippen molar-refractivity contribution in [1.82, 2.24) is 20.1 Å². The number of thioether (sulfide) groups is 1. The van der Waals surface area contributed by atoms with Crippen LogP contribution in [0.2, 0.25) is 0 Å². The molecule has 2 amide bonds. The second-order valence-electron chi connectivity index (χ2n) is 9.58. The van der Waals surface area contributed by atoms with E-state index < -0.39 is 0 Å². The molecule has 1 aliphatic rings. The van der Waals surface area contributed by atoms with Gasteiger partial charge in [0.05, 0.1) is 33.8 Å². The van der Waals surface area contributed by atoms with E-state index in [9.17, 15) is 14.0 Å². The van der Waals surface area contributed by atoms with E-state index in [4.69, 9.17) is 5.10 Å². The van der Waals surface area contributed by atoms with Crippen LogP contribution < -0.4 is 10.2 Å². The molecule has 0 saturated carbocycles. The van der Waals surface area contributed by atoms with Gasteiger partial charge in [0, 0.05) is 11.8 Å². The van der Waals surface area contributed by atoms with Crippen LogP contribution in [0.5, 0.6) is 0 Å². The van der Waals surface area contributed by atoms with E-state index >= 15 is 0 Å². The molecule has 0 saturated heterocycles. The normalized spacial score (nSPS) is 14.9. The minimum absolute atomic E-state index is 0.141. The molecule has 0 unspecified atom stereocenters. The number of aromatic nitrogens is 3. The lowest BCUT2D eigenvalue weighted by Gasteiger charge is -2.23. The second-order valence-corrected chi connectivity index (χ2v) is 11.6. The van der Waals surface area contributed by atoms with Crippen LogP contribution in [-0.2, 0) is 16.1 Å². The number of carbonyl (C=O) groups excluding carboxylic acids is 2.